The molecular weight excluding hydrogens is 330 g/mol. The lowest BCUT2D eigenvalue weighted by atomic mass is 9.96. The van der Waals surface area contributed by atoms with Gasteiger partial charge in [0.2, 0.25) is 5.91 Å². The van der Waals surface area contributed by atoms with E-state index in [1.807, 2.05) is 11.0 Å². The smallest absolute Gasteiger partial charge is 0.254 e. The Morgan fingerprint density at radius 2 is 2.00 bits per heavy atom. The predicted molar refractivity (Wildman–Crippen MR) is 97.2 cm³/mol. The maximum absolute atomic E-state index is 12.4. The highest BCUT2D eigenvalue weighted by atomic mass is 16.2. The van der Waals surface area contributed by atoms with E-state index in [1.54, 1.807) is 18.5 Å². The number of aromatic nitrogens is 3. The number of hydrogen-bond donors (Lipinski definition) is 1. The Kier molecular flexibility index (Phi) is 4.97. The quantitative estimate of drug-likeness (QED) is 0.907. The SMILES string of the molecule is CC(C)(C)CN1C[C@H](NC(=O)c2cnc(-c3cccnc3)nc2)CC1=O. The van der Waals surface area contributed by atoms with Crippen molar-refractivity contribution in [2.24, 2.45) is 5.41 Å². The number of rotatable bonds is 4. The van der Waals surface area contributed by atoms with Gasteiger partial charge in [-0.25, -0.2) is 9.97 Å². The van der Waals surface area contributed by atoms with Crippen molar-refractivity contribution in [2.75, 3.05) is 13.1 Å². The zero-order chi connectivity index (χ0) is 18.7. The van der Waals surface area contributed by atoms with Gasteiger partial charge in [0.1, 0.15) is 0 Å². The van der Waals surface area contributed by atoms with Gasteiger partial charge < -0.3 is 10.2 Å². The molecule has 2 aromatic rings. The van der Waals surface area contributed by atoms with Crippen LogP contribution in [0.15, 0.2) is 36.9 Å². The van der Waals surface area contributed by atoms with Gasteiger partial charge in [-0.2, -0.15) is 0 Å². The van der Waals surface area contributed by atoms with Gasteiger partial charge in [-0.15, -0.1) is 0 Å². The van der Waals surface area contributed by atoms with Crippen LogP contribution in [0.4, 0.5) is 0 Å². The number of nitrogens with one attached hydrogen (secondary N) is 1. The molecule has 26 heavy (non-hydrogen) atoms. The summed E-state index contributed by atoms with van der Waals surface area (Å²) in [6.45, 7) is 7.49. The van der Waals surface area contributed by atoms with E-state index in [2.05, 4.69) is 41.0 Å². The molecule has 3 heterocycles. The van der Waals surface area contributed by atoms with E-state index in [1.165, 1.54) is 12.4 Å². The largest absolute Gasteiger partial charge is 0.347 e. The second-order valence-corrected chi connectivity index (χ2v) is 7.75. The lowest BCUT2D eigenvalue weighted by Gasteiger charge is -2.26. The number of likely N-dealkylation sites (tertiary alicyclic amines) is 1. The van der Waals surface area contributed by atoms with Gasteiger partial charge in [0.25, 0.3) is 5.91 Å². The summed E-state index contributed by atoms with van der Waals surface area (Å²) in [4.78, 5) is 38.9. The molecule has 136 valence electrons. The van der Waals surface area contributed by atoms with E-state index in [4.69, 9.17) is 0 Å². The summed E-state index contributed by atoms with van der Waals surface area (Å²) in [5, 5.41) is 2.91. The van der Waals surface area contributed by atoms with Crippen molar-refractivity contribution in [3.05, 3.63) is 42.5 Å². The molecule has 1 aliphatic rings. The topological polar surface area (TPSA) is 88.1 Å². The lowest BCUT2D eigenvalue weighted by Crippen LogP contribution is -2.39. The van der Waals surface area contributed by atoms with Crippen LogP contribution in [0.2, 0.25) is 0 Å². The third kappa shape index (κ3) is 4.41. The molecule has 1 fully saturated rings. The number of pyridine rings is 1. The van der Waals surface area contributed by atoms with Crippen molar-refractivity contribution in [3.63, 3.8) is 0 Å². The Labute approximate surface area is 152 Å². The fraction of sp³-hybridized carbons (Fsp3) is 0.421. The summed E-state index contributed by atoms with van der Waals surface area (Å²) < 4.78 is 0. The van der Waals surface area contributed by atoms with Gasteiger partial charge >= 0.3 is 0 Å². The van der Waals surface area contributed by atoms with Crippen LogP contribution >= 0.6 is 0 Å². The third-order valence-electron chi connectivity index (χ3n) is 4.05. The Balaban J connectivity index is 1.61. The Bertz CT molecular complexity index is 784. The summed E-state index contributed by atoms with van der Waals surface area (Å²) in [6.07, 6.45) is 6.67. The molecule has 0 saturated carbocycles. The summed E-state index contributed by atoms with van der Waals surface area (Å²) in [5.41, 5.74) is 1.20. The fourth-order valence-electron chi connectivity index (χ4n) is 2.95. The maximum atomic E-state index is 12.4. The van der Waals surface area contributed by atoms with Crippen LogP contribution in [0.5, 0.6) is 0 Å². The summed E-state index contributed by atoms with van der Waals surface area (Å²) >= 11 is 0. The van der Waals surface area contributed by atoms with Crippen LogP contribution in [0, 0.1) is 5.41 Å². The normalized spacial score (nSPS) is 17.4. The number of nitrogens with zero attached hydrogens (tertiary/aromatic N) is 4. The molecule has 2 aromatic heterocycles. The molecule has 0 aliphatic carbocycles. The highest BCUT2D eigenvalue weighted by molar-refractivity contribution is 5.94. The van der Waals surface area contributed by atoms with Crippen molar-refractivity contribution in [1.82, 2.24) is 25.2 Å². The van der Waals surface area contributed by atoms with E-state index in [0.29, 0.717) is 30.9 Å². The minimum absolute atomic E-state index is 0.0323. The molecule has 0 aromatic carbocycles. The van der Waals surface area contributed by atoms with Crippen LogP contribution in [-0.2, 0) is 4.79 Å². The average molecular weight is 353 g/mol. The first-order valence-corrected chi connectivity index (χ1v) is 8.63. The molecule has 1 N–H and O–H groups in total. The lowest BCUT2D eigenvalue weighted by molar-refractivity contribution is -0.128. The Morgan fingerprint density at radius 1 is 1.27 bits per heavy atom. The fourth-order valence-corrected chi connectivity index (χ4v) is 2.95. The number of hydrogen-bond acceptors (Lipinski definition) is 5. The molecular formula is C19H23N5O2. The van der Waals surface area contributed by atoms with Gasteiger partial charge in [0.15, 0.2) is 5.82 Å². The second kappa shape index (κ2) is 7.19. The zero-order valence-corrected chi connectivity index (χ0v) is 15.3. The van der Waals surface area contributed by atoms with Gasteiger partial charge in [-0.3, -0.25) is 14.6 Å². The van der Waals surface area contributed by atoms with Crippen molar-refractivity contribution < 1.29 is 9.59 Å². The van der Waals surface area contributed by atoms with Crippen molar-refractivity contribution in [2.45, 2.75) is 33.2 Å². The highest BCUT2D eigenvalue weighted by Gasteiger charge is 2.32. The van der Waals surface area contributed by atoms with Crippen LogP contribution < -0.4 is 5.32 Å². The number of amides is 2. The van der Waals surface area contributed by atoms with E-state index >= 15 is 0 Å². The molecule has 7 heteroatoms. The van der Waals surface area contributed by atoms with Crippen LogP contribution in [0.25, 0.3) is 11.4 Å². The average Bonchev–Trinajstić information content (AvgIpc) is 2.93. The van der Waals surface area contributed by atoms with E-state index in [0.717, 1.165) is 5.56 Å². The standard InChI is InChI=1S/C19H23N5O2/c1-19(2,3)12-24-11-15(7-16(24)25)23-18(26)14-9-21-17(22-10-14)13-5-4-6-20-8-13/h4-6,8-10,15H,7,11-12H2,1-3H3,(H,23,26)/t15-/m1/s1. The van der Waals surface area contributed by atoms with Crippen LogP contribution in [-0.4, -0.2) is 50.8 Å². The summed E-state index contributed by atoms with van der Waals surface area (Å²) in [7, 11) is 0. The molecule has 1 saturated heterocycles. The molecule has 0 unspecified atom stereocenters. The highest BCUT2D eigenvalue weighted by Crippen LogP contribution is 2.20. The molecule has 0 bridgehead atoms. The second-order valence-electron chi connectivity index (χ2n) is 7.75. The number of carbonyl (C=O) groups is 2. The van der Waals surface area contributed by atoms with E-state index in [9.17, 15) is 9.59 Å². The molecule has 0 radical (unpaired) electrons. The van der Waals surface area contributed by atoms with Crippen molar-refractivity contribution >= 4 is 11.8 Å². The number of carbonyl (C=O) groups excluding carboxylic acids is 2. The van der Waals surface area contributed by atoms with Gasteiger partial charge in [0, 0.05) is 49.9 Å². The monoisotopic (exact) mass is 353 g/mol. The molecule has 1 aliphatic heterocycles. The summed E-state index contributed by atoms with van der Waals surface area (Å²) in [5.74, 6) is 0.327. The van der Waals surface area contributed by atoms with Crippen molar-refractivity contribution in [3.8, 4) is 11.4 Å². The van der Waals surface area contributed by atoms with Crippen LogP contribution in [0.3, 0.4) is 0 Å². The van der Waals surface area contributed by atoms with Crippen molar-refractivity contribution in [1.29, 1.82) is 0 Å². The maximum Gasteiger partial charge on any atom is 0.254 e. The molecule has 1 atom stereocenters. The zero-order valence-electron chi connectivity index (χ0n) is 15.3. The molecule has 3 rings (SSSR count). The van der Waals surface area contributed by atoms with Crippen LogP contribution in [0.1, 0.15) is 37.6 Å². The minimum atomic E-state index is -0.266. The van der Waals surface area contributed by atoms with Gasteiger partial charge in [-0.05, 0) is 17.5 Å². The predicted octanol–water partition coefficient (Wildman–Crippen LogP) is 1.92. The van der Waals surface area contributed by atoms with Gasteiger partial charge in [0.05, 0.1) is 11.6 Å². The first-order valence-electron chi connectivity index (χ1n) is 8.63. The Hall–Kier alpha value is -2.83. The van der Waals surface area contributed by atoms with E-state index in [-0.39, 0.29) is 23.3 Å². The molecule has 7 nitrogen and oxygen atoms in total. The Morgan fingerprint density at radius 3 is 2.62 bits per heavy atom. The molecule has 0 spiro atoms. The summed E-state index contributed by atoms with van der Waals surface area (Å²) in [6, 6.07) is 3.48. The first kappa shape index (κ1) is 18.0. The van der Waals surface area contributed by atoms with Gasteiger partial charge in [-0.1, -0.05) is 20.8 Å². The third-order valence-corrected chi connectivity index (χ3v) is 4.05. The molecule has 2 amide bonds. The minimum Gasteiger partial charge on any atom is -0.347 e. The first-order chi connectivity index (χ1) is 12.3. The van der Waals surface area contributed by atoms with E-state index < -0.39 is 0 Å².